The van der Waals surface area contributed by atoms with Gasteiger partial charge in [0.1, 0.15) is 11.5 Å². The summed E-state index contributed by atoms with van der Waals surface area (Å²) in [4.78, 5) is 37.8. The van der Waals surface area contributed by atoms with Crippen molar-refractivity contribution in [3.05, 3.63) is 51.5 Å². The molecule has 0 saturated carbocycles. The van der Waals surface area contributed by atoms with Crippen LogP contribution in [-0.2, 0) is 16.1 Å². The van der Waals surface area contributed by atoms with Crippen LogP contribution < -0.4 is 14.8 Å². The zero-order chi connectivity index (χ0) is 24.1. The number of hydrogen-bond donors (Lipinski definition) is 1. The molecular weight excluding hydrogens is 496 g/mol. The van der Waals surface area contributed by atoms with E-state index in [2.05, 4.69) is 26.0 Å². The Morgan fingerprint density at radius 1 is 1.24 bits per heavy atom. The van der Waals surface area contributed by atoms with E-state index in [1.807, 2.05) is 20.8 Å². The van der Waals surface area contributed by atoms with Crippen LogP contribution in [0.1, 0.15) is 49.1 Å². The average molecular weight is 521 g/mol. The summed E-state index contributed by atoms with van der Waals surface area (Å²) in [5, 5.41) is 2.57. The standard InChI is InChI=1S/C23H25BrN2O7/c1-5-13(3)32-20-11-16(24)14(10-19(20)31-6-2)9-17-21(27)26(23(29)25-17)12-15-7-8-18(33-15)22(28)30-4/h7-11,13H,5-6,12H2,1-4H3,(H,25,29)/b17-9-/t13-/m1/s1. The fraction of sp³-hybridized carbons (Fsp3) is 0.348. The highest BCUT2D eigenvalue weighted by atomic mass is 79.9. The van der Waals surface area contributed by atoms with Crippen LogP contribution >= 0.6 is 15.9 Å². The molecule has 1 atom stereocenters. The lowest BCUT2D eigenvalue weighted by Crippen LogP contribution is -2.30. The van der Waals surface area contributed by atoms with E-state index in [0.717, 1.165) is 11.3 Å². The molecule has 10 heteroatoms. The first kappa shape index (κ1) is 24.4. The van der Waals surface area contributed by atoms with Crippen molar-refractivity contribution < 1.29 is 33.0 Å². The molecule has 176 valence electrons. The third kappa shape index (κ3) is 5.57. The molecule has 0 aliphatic carbocycles. The minimum Gasteiger partial charge on any atom is -0.490 e. The van der Waals surface area contributed by atoms with Crippen LogP contribution in [0.4, 0.5) is 4.79 Å². The molecule has 0 spiro atoms. The quantitative estimate of drug-likeness (QED) is 0.294. The first-order valence-electron chi connectivity index (χ1n) is 10.4. The van der Waals surface area contributed by atoms with E-state index >= 15 is 0 Å². The Balaban J connectivity index is 1.84. The van der Waals surface area contributed by atoms with Crippen LogP contribution in [-0.4, -0.2) is 42.6 Å². The molecule has 1 saturated heterocycles. The zero-order valence-corrected chi connectivity index (χ0v) is 20.4. The average Bonchev–Trinajstić information content (AvgIpc) is 3.36. The number of rotatable bonds is 9. The minimum absolute atomic E-state index is 0.00543. The number of halogens is 1. The zero-order valence-electron chi connectivity index (χ0n) is 18.8. The number of ether oxygens (including phenoxy) is 3. The molecule has 9 nitrogen and oxygen atoms in total. The second-order valence-electron chi connectivity index (χ2n) is 7.23. The topological polar surface area (TPSA) is 107 Å². The molecule has 0 unspecified atom stereocenters. The summed E-state index contributed by atoms with van der Waals surface area (Å²) >= 11 is 3.50. The number of carbonyl (C=O) groups excluding carboxylic acids is 3. The maximum absolute atomic E-state index is 12.9. The van der Waals surface area contributed by atoms with Gasteiger partial charge in [0.2, 0.25) is 5.76 Å². The number of hydrogen-bond acceptors (Lipinski definition) is 7. The Kier molecular flexibility index (Phi) is 7.80. The van der Waals surface area contributed by atoms with Crippen molar-refractivity contribution in [3.63, 3.8) is 0 Å². The van der Waals surface area contributed by atoms with E-state index in [0.29, 0.717) is 28.1 Å². The first-order chi connectivity index (χ1) is 15.8. The van der Waals surface area contributed by atoms with Crippen LogP contribution in [0.3, 0.4) is 0 Å². The molecule has 1 aliphatic heterocycles. The number of carbonyl (C=O) groups is 3. The van der Waals surface area contributed by atoms with Crippen molar-refractivity contribution in [2.75, 3.05) is 13.7 Å². The molecule has 0 radical (unpaired) electrons. The third-order valence-corrected chi connectivity index (χ3v) is 5.58. The Morgan fingerprint density at radius 3 is 2.67 bits per heavy atom. The van der Waals surface area contributed by atoms with Gasteiger partial charge in [-0.15, -0.1) is 0 Å². The number of methoxy groups -OCH3 is 1. The minimum atomic E-state index is -0.644. The molecule has 1 N–H and O–H groups in total. The molecule has 1 aromatic carbocycles. The van der Waals surface area contributed by atoms with E-state index in [1.165, 1.54) is 19.2 Å². The summed E-state index contributed by atoms with van der Waals surface area (Å²) in [6, 6.07) is 5.86. The van der Waals surface area contributed by atoms with Crippen LogP contribution in [0.15, 0.2) is 38.9 Å². The summed E-state index contributed by atoms with van der Waals surface area (Å²) in [7, 11) is 1.23. The number of benzene rings is 1. The molecule has 0 bridgehead atoms. The highest BCUT2D eigenvalue weighted by molar-refractivity contribution is 9.10. The lowest BCUT2D eigenvalue weighted by molar-refractivity contribution is -0.123. The maximum atomic E-state index is 12.9. The Labute approximate surface area is 199 Å². The summed E-state index contributed by atoms with van der Waals surface area (Å²) in [6.45, 7) is 6.17. The van der Waals surface area contributed by atoms with E-state index < -0.39 is 17.9 Å². The predicted molar refractivity (Wildman–Crippen MR) is 123 cm³/mol. The van der Waals surface area contributed by atoms with Crippen molar-refractivity contribution >= 4 is 39.9 Å². The monoisotopic (exact) mass is 520 g/mol. The smallest absolute Gasteiger partial charge is 0.373 e. The molecule has 2 aromatic rings. The van der Waals surface area contributed by atoms with Crippen LogP contribution in [0.5, 0.6) is 11.5 Å². The summed E-state index contributed by atoms with van der Waals surface area (Å²) in [5.74, 6) is 0.208. The number of nitrogens with zero attached hydrogens (tertiary/aromatic N) is 1. The van der Waals surface area contributed by atoms with Gasteiger partial charge in [0.25, 0.3) is 5.91 Å². The Hall–Kier alpha value is -3.27. The summed E-state index contributed by atoms with van der Waals surface area (Å²) in [6.07, 6.45) is 2.40. The van der Waals surface area contributed by atoms with Gasteiger partial charge < -0.3 is 23.9 Å². The van der Waals surface area contributed by atoms with Gasteiger partial charge in [-0.05, 0) is 56.2 Å². The lowest BCUT2D eigenvalue weighted by Gasteiger charge is -2.17. The largest absolute Gasteiger partial charge is 0.490 e. The molecule has 2 heterocycles. The molecule has 1 fully saturated rings. The van der Waals surface area contributed by atoms with Crippen molar-refractivity contribution in [2.45, 2.75) is 39.8 Å². The van der Waals surface area contributed by atoms with E-state index in [9.17, 15) is 14.4 Å². The van der Waals surface area contributed by atoms with Gasteiger partial charge >= 0.3 is 12.0 Å². The van der Waals surface area contributed by atoms with Gasteiger partial charge in [0.05, 0.1) is 26.4 Å². The number of nitrogens with one attached hydrogen (secondary N) is 1. The second-order valence-corrected chi connectivity index (χ2v) is 8.08. The van der Waals surface area contributed by atoms with Gasteiger partial charge in [-0.2, -0.15) is 0 Å². The summed E-state index contributed by atoms with van der Waals surface area (Å²) in [5.41, 5.74) is 0.727. The maximum Gasteiger partial charge on any atom is 0.373 e. The predicted octanol–water partition coefficient (Wildman–Crippen LogP) is 4.50. The normalized spacial score (nSPS) is 15.5. The number of furan rings is 1. The van der Waals surface area contributed by atoms with Gasteiger partial charge in [-0.3, -0.25) is 9.69 Å². The lowest BCUT2D eigenvalue weighted by atomic mass is 10.1. The highest BCUT2D eigenvalue weighted by Gasteiger charge is 2.34. The van der Waals surface area contributed by atoms with Gasteiger partial charge in [0, 0.05) is 4.47 Å². The molecule has 3 amide bonds. The molecule has 3 rings (SSSR count). The SMILES string of the molecule is CCOc1cc(/C=C2\NC(=O)N(Cc3ccc(C(=O)OC)o3)C2=O)c(Br)cc1O[C@H](C)CC. The van der Waals surface area contributed by atoms with Gasteiger partial charge in [-0.25, -0.2) is 9.59 Å². The number of esters is 1. The molecule has 33 heavy (non-hydrogen) atoms. The molecular formula is C23H25BrN2O7. The highest BCUT2D eigenvalue weighted by Crippen LogP contribution is 2.36. The Morgan fingerprint density at radius 2 is 2.00 bits per heavy atom. The van der Waals surface area contributed by atoms with Crippen molar-refractivity contribution in [2.24, 2.45) is 0 Å². The van der Waals surface area contributed by atoms with Gasteiger partial charge in [0.15, 0.2) is 11.5 Å². The van der Waals surface area contributed by atoms with Crippen LogP contribution in [0.2, 0.25) is 0 Å². The summed E-state index contributed by atoms with van der Waals surface area (Å²) < 4.78 is 22.3. The Bertz CT molecular complexity index is 1090. The fourth-order valence-electron chi connectivity index (χ4n) is 3.02. The second kappa shape index (κ2) is 10.6. The molecule has 1 aromatic heterocycles. The number of imide groups is 1. The molecule has 1 aliphatic rings. The first-order valence-corrected chi connectivity index (χ1v) is 11.2. The fourth-order valence-corrected chi connectivity index (χ4v) is 3.46. The third-order valence-electron chi connectivity index (χ3n) is 4.89. The van der Waals surface area contributed by atoms with Gasteiger partial charge in [-0.1, -0.05) is 22.9 Å². The van der Waals surface area contributed by atoms with Crippen molar-refractivity contribution in [3.8, 4) is 11.5 Å². The van der Waals surface area contributed by atoms with Crippen LogP contribution in [0.25, 0.3) is 6.08 Å². The number of urea groups is 1. The van der Waals surface area contributed by atoms with Crippen LogP contribution in [0, 0.1) is 0 Å². The van der Waals surface area contributed by atoms with E-state index in [1.54, 1.807) is 18.2 Å². The van der Waals surface area contributed by atoms with E-state index in [4.69, 9.17) is 13.9 Å². The van der Waals surface area contributed by atoms with Crippen molar-refractivity contribution in [1.82, 2.24) is 10.2 Å². The van der Waals surface area contributed by atoms with E-state index in [-0.39, 0.29) is 29.9 Å². The number of amides is 3. The van der Waals surface area contributed by atoms with Crippen molar-refractivity contribution in [1.29, 1.82) is 0 Å².